The van der Waals surface area contributed by atoms with Crippen molar-refractivity contribution in [3.8, 4) is 5.75 Å². The molecule has 6 nitrogen and oxygen atoms in total. The summed E-state index contributed by atoms with van der Waals surface area (Å²) in [7, 11) is 3.53. The Labute approximate surface area is 208 Å². The van der Waals surface area contributed by atoms with E-state index >= 15 is 0 Å². The van der Waals surface area contributed by atoms with Gasteiger partial charge < -0.3 is 24.5 Å². The number of rotatable bonds is 7. The number of anilines is 3. The fourth-order valence-corrected chi connectivity index (χ4v) is 5.31. The lowest BCUT2D eigenvalue weighted by Gasteiger charge is -2.39. The first kappa shape index (κ1) is 25.9. The molecule has 2 unspecified atom stereocenters. The number of nitrogens with zero attached hydrogens (tertiary/aromatic N) is 3. The van der Waals surface area contributed by atoms with Gasteiger partial charge in [-0.25, -0.2) is 4.39 Å². The van der Waals surface area contributed by atoms with E-state index in [0.29, 0.717) is 30.2 Å². The van der Waals surface area contributed by atoms with Crippen molar-refractivity contribution in [1.29, 1.82) is 0 Å². The third kappa shape index (κ3) is 5.63. The highest BCUT2D eigenvalue weighted by molar-refractivity contribution is 5.69. The Balaban J connectivity index is 1.41. The highest BCUT2D eigenvalue weighted by Gasteiger charge is 2.47. The van der Waals surface area contributed by atoms with Gasteiger partial charge in [0.05, 0.1) is 25.1 Å². The van der Waals surface area contributed by atoms with Crippen molar-refractivity contribution in [2.75, 3.05) is 48.5 Å². The molecule has 0 aliphatic carbocycles. The molecule has 4 rings (SSSR count). The van der Waals surface area contributed by atoms with E-state index in [-0.39, 0.29) is 31.2 Å². The molecule has 2 fully saturated rings. The van der Waals surface area contributed by atoms with Gasteiger partial charge in [0.15, 0.2) is 0 Å². The van der Waals surface area contributed by atoms with Crippen molar-refractivity contribution in [3.63, 3.8) is 0 Å². The van der Waals surface area contributed by atoms with Crippen LogP contribution in [0.2, 0.25) is 0 Å². The lowest BCUT2D eigenvalue weighted by Crippen LogP contribution is -2.43. The summed E-state index contributed by atoms with van der Waals surface area (Å²) in [6.45, 7) is 1.12. The number of carbonyl (C=O) groups is 1. The molecule has 2 aromatic rings. The number of alkyl halides is 3. The summed E-state index contributed by atoms with van der Waals surface area (Å²) in [5, 5.41) is 9.18. The van der Waals surface area contributed by atoms with Gasteiger partial charge >= 0.3 is 12.1 Å². The molecule has 2 saturated heterocycles. The van der Waals surface area contributed by atoms with Crippen LogP contribution in [-0.4, -0.2) is 63.1 Å². The zero-order valence-electron chi connectivity index (χ0n) is 20.3. The first-order chi connectivity index (χ1) is 17.1. The van der Waals surface area contributed by atoms with Crippen LogP contribution in [0.1, 0.15) is 25.7 Å². The summed E-state index contributed by atoms with van der Waals surface area (Å²) in [4.78, 5) is 16.9. The lowest BCUT2D eigenvalue weighted by atomic mass is 10.0. The molecular weight excluding hydrogens is 478 g/mol. The molecule has 2 aliphatic heterocycles. The molecule has 196 valence electrons. The molecule has 0 bridgehead atoms. The highest BCUT2D eigenvalue weighted by Crippen LogP contribution is 2.40. The van der Waals surface area contributed by atoms with E-state index in [4.69, 9.17) is 4.74 Å². The van der Waals surface area contributed by atoms with Crippen LogP contribution in [0.15, 0.2) is 42.5 Å². The van der Waals surface area contributed by atoms with Crippen LogP contribution in [0.3, 0.4) is 0 Å². The van der Waals surface area contributed by atoms with Gasteiger partial charge in [0.1, 0.15) is 11.6 Å². The van der Waals surface area contributed by atoms with Crippen LogP contribution in [0, 0.1) is 11.7 Å². The Morgan fingerprint density at radius 3 is 2.39 bits per heavy atom. The lowest BCUT2D eigenvalue weighted by molar-refractivity contribution is -0.169. The number of piperidine rings is 1. The second kappa shape index (κ2) is 10.4. The second-order valence-corrected chi connectivity index (χ2v) is 9.54. The topological polar surface area (TPSA) is 56.2 Å². The van der Waals surface area contributed by atoms with Gasteiger partial charge in [0.2, 0.25) is 0 Å². The van der Waals surface area contributed by atoms with E-state index in [1.807, 2.05) is 24.1 Å². The molecule has 0 aromatic heterocycles. The van der Waals surface area contributed by atoms with Gasteiger partial charge in [0, 0.05) is 56.2 Å². The van der Waals surface area contributed by atoms with Crippen LogP contribution < -0.4 is 19.4 Å². The van der Waals surface area contributed by atoms with Gasteiger partial charge in [-0.3, -0.25) is 4.79 Å². The molecule has 2 atom stereocenters. The van der Waals surface area contributed by atoms with Crippen LogP contribution in [-0.2, 0) is 4.79 Å². The number of halogens is 4. The maximum absolute atomic E-state index is 14.4. The van der Waals surface area contributed by atoms with E-state index in [1.165, 1.54) is 6.07 Å². The van der Waals surface area contributed by atoms with Crippen molar-refractivity contribution >= 4 is 23.0 Å². The minimum atomic E-state index is -4.35. The maximum Gasteiger partial charge on any atom is 0.393 e. The molecule has 0 amide bonds. The Bertz CT molecular complexity index is 1060. The van der Waals surface area contributed by atoms with E-state index < -0.39 is 24.1 Å². The first-order valence-corrected chi connectivity index (χ1v) is 12.0. The number of benzene rings is 2. The van der Waals surface area contributed by atoms with Crippen molar-refractivity contribution < 1.29 is 32.2 Å². The minimum Gasteiger partial charge on any atom is -0.497 e. The number of hydrogen-bond donors (Lipinski definition) is 1. The van der Waals surface area contributed by atoms with Crippen LogP contribution in [0.5, 0.6) is 5.75 Å². The third-order valence-electron chi connectivity index (χ3n) is 7.38. The average Bonchev–Trinajstić information content (AvgIpc) is 3.28. The van der Waals surface area contributed by atoms with E-state index in [2.05, 4.69) is 4.90 Å². The van der Waals surface area contributed by atoms with Gasteiger partial charge in [-0.1, -0.05) is 0 Å². The number of hydrogen-bond acceptors (Lipinski definition) is 5. The molecule has 1 N–H and O–H groups in total. The summed E-state index contributed by atoms with van der Waals surface area (Å²) in [6, 6.07) is 11.5. The normalized spacial score (nSPS) is 21.1. The van der Waals surface area contributed by atoms with Crippen LogP contribution in [0.25, 0.3) is 0 Å². The zero-order valence-corrected chi connectivity index (χ0v) is 20.3. The Kier molecular flexibility index (Phi) is 7.51. The van der Waals surface area contributed by atoms with Gasteiger partial charge in [-0.05, 0) is 55.7 Å². The SMILES string of the molecule is COc1ccc(F)c(N2CCC(N(C)c3ccc(N4CC(C(F)(F)F)CC4CC(=O)O)cc3)CC2)c1. The van der Waals surface area contributed by atoms with Crippen molar-refractivity contribution in [1.82, 2.24) is 0 Å². The van der Waals surface area contributed by atoms with E-state index in [1.54, 1.807) is 36.3 Å². The summed E-state index contributed by atoms with van der Waals surface area (Å²) < 4.78 is 59.5. The molecule has 2 heterocycles. The second-order valence-electron chi connectivity index (χ2n) is 9.54. The predicted octanol–water partition coefficient (Wildman–Crippen LogP) is 5.17. The molecule has 0 spiro atoms. The fraction of sp³-hybridized carbons (Fsp3) is 0.500. The standard InChI is InChI=1S/C26H31F4N3O3/c1-31(19-9-11-32(12-10-19)24-15-22(36-2)7-8-23(24)27)18-3-5-20(6-4-18)33-16-17(26(28,29)30)13-21(33)14-25(34)35/h3-8,15,17,19,21H,9-14,16H2,1-2H3,(H,34,35). The molecule has 0 saturated carbocycles. The fourth-order valence-electron chi connectivity index (χ4n) is 5.31. The molecule has 2 aromatic carbocycles. The monoisotopic (exact) mass is 509 g/mol. The predicted molar refractivity (Wildman–Crippen MR) is 131 cm³/mol. The Morgan fingerprint density at radius 2 is 1.81 bits per heavy atom. The summed E-state index contributed by atoms with van der Waals surface area (Å²) >= 11 is 0. The number of ether oxygens (including phenoxy) is 1. The zero-order chi connectivity index (χ0) is 26.0. The van der Waals surface area contributed by atoms with Gasteiger partial charge in [-0.15, -0.1) is 0 Å². The largest absolute Gasteiger partial charge is 0.497 e. The molecular formula is C26H31F4N3O3. The molecule has 2 aliphatic rings. The Morgan fingerprint density at radius 1 is 1.14 bits per heavy atom. The van der Waals surface area contributed by atoms with Gasteiger partial charge in [0.25, 0.3) is 0 Å². The van der Waals surface area contributed by atoms with Gasteiger partial charge in [-0.2, -0.15) is 13.2 Å². The smallest absolute Gasteiger partial charge is 0.393 e. The Hall–Kier alpha value is -3.17. The molecule has 10 heteroatoms. The molecule has 36 heavy (non-hydrogen) atoms. The van der Waals surface area contributed by atoms with Crippen molar-refractivity contribution in [2.24, 2.45) is 5.92 Å². The maximum atomic E-state index is 14.4. The van der Waals surface area contributed by atoms with Crippen molar-refractivity contribution in [2.45, 2.75) is 43.9 Å². The number of aliphatic carboxylic acids is 1. The van der Waals surface area contributed by atoms with E-state index in [9.17, 15) is 27.5 Å². The summed E-state index contributed by atoms with van der Waals surface area (Å²) in [5.41, 5.74) is 2.04. The summed E-state index contributed by atoms with van der Waals surface area (Å²) in [6.07, 6.45) is -3.27. The third-order valence-corrected chi connectivity index (χ3v) is 7.38. The average molecular weight is 510 g/mol. The van der Waals surface area contributed by atoms with Crippen LogP contribution >= 0.6 is 0 Å². The quantitative estimate of drug-likeness (QED) is 0.520. The van der Waals surface area contributed by atoms with E-state index in [0.717, 1.165) is 18.5 Å². The first-order valence-electron chi connectivity index (χ1n) is 12.0. The molecule has 0 radical (unpaired) electrons. The number of methoxy groups -OCH3 is 1. The van der Waals surface area contributed by atoms with Crippen molar-refractivity contribution in [3.05, 3.63) is 48.3 Å². The van der Waals surface area contributed by atoms with Crippen LogP contribution in [0.4, 0.5) is 34.6 Å². The number of carboxylic acids is 1. The highest BCUT2D eigenvalue weighted by atomic mass is 19.4. The number of carboxylic acid groups (broad SMARTS) is 1. The minimum absolute atomic E-state index is 0.218. The summed E-state index contributed by atoms with van der Waals surface area (Å²) in [5.74, 6) is -2.32.